The number of hydrogen-bond acceptors (Lipinski definition) is 0. The van der Waals surface area contributed by atoms with Crippen LogP contribution in [0.2, 0.25) is 13.1 Å². The lowest BCUT2D eigenvalue weighted by Crippen LogP contribution is -2.24. The molecule has 0 fully saturated rings. The van der Waals surface area contributed by atoms with Gasteiger partial charge in [-0.05, 0) is 61.6 Å². The molecule has 136 valence electrons. The summed E-state index contributed by atoms with van der Waals surface area (Å²) in [4.78, 5) is 0. The Morgan fingerprint density at radius 3 is 1.86 bits per heavy atom. The first-order valence-electron chi connectivity index (χ1n) is 9.76. The van der Waals surface area contributed by atoms with Gasteiger partial charge in [0.2, 0.25) is 0 Å². The maximum Gasteiger partial charge on any atom is 0.0655 e. The molecule has 0 amide bonds. The van der Waals surface area contributed by atoms with Crippen LogP contribution < -0.4 is 5.19 Å². The molecule has 0 bridgehead atoms. The fourth-order valence-corrected chi connectivity index (χ4v) is 6.10. The summed E-state index contributed by atoms with van der Waals surface area (Å²) < 4.78 is 1.12. The molecular weight excluding hydrogens is 420 g/mol. The second kappa shape index (κ2) is 6.88. The van der Waals surface area contributed by atoms with Gasteiger partial charge in [0.25, 0.3) is 0 Å². The van der Waals surface area contributed by atoms with E-state index in [9.17, 15) is 0 Å². The maximum absolute atomic E-state index is 3.65. The number of hydrogen-bond donors (Lipinski definition) is 0. The molecule has 5 aromatic carbocycles. The van der Waals surface area contributed by atoms with Crippen LogP contribution in [0.25, 0.3) is 43.4 Å². The third kappa shape index (κ3) is 2.79. The fourth-order valence-electron chi connectivity index (χ4n) is 4.36. The van der Waals surface area contributed by atoms with Crippen molar-refractivity contribution in [3.8, 4) is 11.1 Å². The number of rotatable bonds is 2. The summed E-state index contributed by atoms with van der Waals surface area (Å²) in [6.45, 7) is 4.81. The molecule has 0 aliphatic rings. The van der Waals surface area contributed by atoms with Crippen molar-refractivity contribution in [2.45, 2.75) is 13.1 Å². The van der Waals surface area contributed by atoms with Crippen LogP contribution in [0.4, 0.5) is 0 Å². The van der Waals surface area contributed by atoms with Crippen molar-refractivity contribution in [1.29, 1.82) is 0 Å². The Morgan fingerprint density at radius 2 is 1.14 bits per heavy atom. The van der Waals surface area contributed by atoms with Gasteiger partial charge in [-0.3, -0.25) is 0 Å². The Bertz CT molecular complexity index is 1330. The Kier molecular flexibility index (Phi) is 4.34. The van der Waals surface area contributed by atoms with Crippen molar-refractivity contribution in [2.75, 3.05) is 0 Å². The normalized spacial score (nSPS) is 11.7. The summed E-state index contributed by atoms with van der Waals surface area (Å²) in [5, 5.41) is 9.46. The van der Waals surface area contributed by atoms with Gasteiger partial charge in [0.15, 0.2) is 0 Å². The molecular formula is C26H21BrSi. The zero-order valence-corrected chi connectivity index (χ0v) is 18.8. The SMILES string of the molecule is C[SiH](C)c1ccccc1-c1ccc2c3ccc(Br)cc3c3ccccc3c2c1. The molecule has 0 nitrogen and oxygen atoms in total. The van der Waals surface area contributed by atoms with Crippen molar-refractivity contribution in [3.05, 3.63) is 89.4 Å². The van der Waals surface area contributed by atoms with E-state index in [1.807, 2.05) is 0 Å². The molecule has 0 radical (unpaired) electrons. The van der Waals surface area contributed by atoms with Crippen molar-refractivity contribution in [3.63, 3.8) is 0 Å². The summed E-state index contributed by atoms with van der Waals surface area (Å²) in [5.74, 6) is 0. The predicted octanol–water partition coefficient (Wildman–Crippen LogP) is 7.27. The summed E-state index contributed by atoms with van der Waals surface area (Å²) in [7, 11) is -0.901. The van der Waals surface area contributed by atoms with Crippen molar-refractivity contribution < 1.29 is 0 Å². The summed E-state index contributed by atoms with van der Waals surface area (Å²) >= 11 is 3.65. The van der Waals surface area contributed by atoms with E-state index in [1.165, 1.54) is 48.6 Å². The number of benzene rings is 5. The Morgan fingerprint density at radius 1 is 0.571 bits per heavy atom. The molecule has 2 heteroatoms. The summed E-state index contributed by atoms with van der Waals surface area (Å²) in [5.41, 5.74) is 2.72. The van der Waals surface area contributed by atoms with E-state index in [-0.39, 0.29) is 0 Å². The van der Waals surface area contributed by atoms with Crippen LogP contribution in [-0.4, -0.2) is 8.80 Å². The van der Waals surface area contributed by atoms with E-state index in [4.69, 9.17) is 0 Å². The minimum Gasteiger partial charge on any atom is -0.0682 e. The Balaban J connectivity index is 1.90. The van der Waals surface area contributed by atoms with Crippen LogP contribution in [0.3, 0.4) is 0 Å². The first kappa shape index (κ1) is 17.7. The molecule has 28 heavy (non-hydrogen) atoms. The van der Waals surface area contributed by atoms with E-state index in [0.29, 0.717) is 0 Å². The van der Waals surface area contributed by atoms with Gasteiger partial charge in [0.05, 0.1) is 8.80 Å². The molecule has 0 aliphatic carbocycles. The lowest BCUT2D eigenvalue weighted by atomic mass is 9.92. The highest BCUT2D eigenvalue weighted by Crippen LogP contribution is 2.37. The van der Waals surface area contributed by atoms with Gasteiger partial charge < -0.3 is 0 Å². The molecule has 5 aromatic rings. The molecule has 0 saturated heterocycles. The van der Waals surface area contributed by atoms with Crippen LogP contribution in [0, 0.1) is 0 Å². The van der Waals surface area contributed by atoms with Gasteiger partial charge >= 0.3 is 0 Å². The van der Waals surface area contributed by atoms with Gasteiger partial charge in [-0.25, -0.2) is 0 Å². The minimum atomic E-state index is -0.901. The van der Waals surface area contributed by atoms with Gasteiger partial charge in [-0.15, -0.1) is 0 Å². The zero-order valence-electron chi connectivity index (χ0n) is 16.0. The third-order valence-corrected chi connectivity index (χ3v) is 7.93. The zero-order chi connectivity index (χ0) is 19.3. The Hall–Kier alpha value is -2.42. The molecule has 0 atom stereocenters. The van der Waals surface area contributed by atoms with E-state index >= 15 is 0 Å². The number of halogens is 1. The van der Waals surface area contributed by atoms with Crippen molar-refractivity contribution >= 4 is 62.2 Å². The van der Waals surface area contributed by atoms with Crippen molar-refractivity contribution in [1.82, 2.24) is 0 Å². The highest BCUT2D eigenvalue weighted by Gasteiger charge is 2.12. The second-order valence-corrected chi connectivity index (χ2v) is 11.6. The largest absolute Gasteiger partial charge is 0.0682 e. The van der Waals surface area contributed by atoms with Crippen LogP contribution in [0.15, 0.2) is 89.4 Å². The monoisotopic (exact) mass is 440 g/mol. The lowest BCUT2D eigenvalue weighted by Gasteiger charge is -2.15. The second-order valence-electron chi connectivity index (χ2n) is 7.74. The first-order chi connectivity index (χ1) is 13.6. The molecule has 0 aromatic heterocycles. The van der Waals surface area contributed by atoms with E-state index < -0.39 is 8.80 Å². The summed E-state index contributed by atoms with van der Waals surface area (Å²) in [6, 6.07) is 31.3. The molecule has 0 spiro atoms. The predicted molar refractivity (Wildman–Crippen MR) is 131 cm³/mol. The summed E-state index contributed by atoms with van der Waals surface area (Å²) in [6.07, 6.45) is 0. The quantitative estimate of drug-likeness (QED) is 0.200. The average Bonchev–Trinajstić information content (AvgIpc) is 2.73. The smallest absolute Gasteiger partial charge is 0.0655 e. The fraction of sp³-hybridized carbons (Fsp3) is 0.0769. The lowest BCUT2D eigenvalue weighted by molar-refractivity contribution is 1.67. The topological polar surface area (TPSA) is 0 Å². The Labute approximate surface area is 175 Å². The average molecular weight is 441 g/mol. The standard InChI is InChI=1S/C26H21BrSi/c1-28(2)26-10-6-5-7-19(26)17-11-13-22-23-14-12-18(27)16-25(23)21-9-4-3-8-20(21)24(22)15-17/h3-16,28H,1-2H3. The molecule has 0 unspecified atom stereocenters. The van der Waals surface area contributed by atoms with Crippen molar-refractivity contribution in [2.24, 2.45) is 0 Å². The molecule has 5 rings (SSSR count). The van der Waals surface area contributed by atoms with Gasteiger partial charge in [-0.1, -0.05) is 101 Å². The van der Waals surface area contributed by atoms with E-state index in [2.05, 4.69) is 114 Å². The molecule has 0 aliphatic heterocycles. The van der Waals surface area contributed by atoms with Crippen LogP contribution in [0.5, 0.6) is 0 Å². The van der Waals surface area contributed by atoms with Gasteiger partial charge in [0.1, 0.15) is 0 Å². The molecule has 0 saturated carbocycles. The van der Waals surface area contributed by atoms with Gasteiger partial charge in [0, 0.05) is 4.47 Å². The minimum absolute atomic E-state index is 0.901. The van der Waals surface area contributed by atoms with Crippen LogP contribution in [0.1, 0.15) is 0 Å². The highest BCUT2D eigenvalue weighted by atomic mass is 79.9. The van der Waals surface area contributed by atoms with Gasteiger partial charge in [-0.2, -0.15) is 0 Å². The first-order valence-corrected chi connectivity index (χ1v) is 13.4. The van der Waals surface area contributed by atoms with E-state index in [0.717, 1.165) is 4.47 Å². The molecule has 0 N–H and O–H groups in total. The third-order valence-electron chi connectivity index (χ3n) is 5.69. The highest BCUT2D eigenvalue weighted by molar-refractivity contribution is 9.10. The maximum atomic E-state index is 3.65. The molecule has 0 heterocycles. The number of fused-ring (bicyclic) bond motifs is 6. The van der Waals surface area contributed by atoms with Crippen LogP contribution in [-0.2, 0) is 0 Å². The van der Waals surface area contributed by atoms with Crippen LogP contribution >= 0.6 is 15.9 Å². The van der Waals surface area contributed by atoms with E-state index in [1.54, 1.807) is 0 Å².